The van der Waals surface area contributed by atoms with E-state index in [-0.39, 0.29) is 11.9 Å². The number of ether oxygens (including phenoxy) is 1. The van der Waals surface area contributed by atoms with E-state index in [4.69, 9.17) is 4.74 Å². The molecule has 5 heteroatoms. The van der Waals surface area contributed by atoms with E-state index >= 15 is 0 Å². The zero-order chi connectivity index (χ0) is 12.3. The summed E-state index contributed by atoms with van der Waals surface area (Å²) in [6.07, 6.45) is 0. The number of halogens is 1. The highest BCUT2D eigenvalue weighted by Crippen LogP contribution is 2.23. The van der Waals surface area contributed by atoms with Gasteiger partial charge in [0.15, 0.2) is 0 Å². The summed E-state index contributed by atoms with van der Waals surface area (Å²) in [7, 11) is 0. The standard InChI is InChI=1S/C12H15BrN2O2/c1-8-2-3-9(13)10(6-8)15-12(16)11-7-17-5-4-14-11/h2-3,6,11,14H,4-5,7H2,1H3,(H,15,16). The highest BCUT2D eigenvalue weighted by atomic mass is 79.9. The molecule has 0 spiro atoms. The van der Waals surface area contributed by atoms with E-state index in [1.54, 1.807) is 0 Å². The number of morpholine rings is 1. The summed E-state index contributed by atoms with van der Waals surface area (Å²) in [5.41, 5.74) is 1.90. The van der Waals surface area contributed by atoms with Crippen molar-refractivity contribution in [2.24, 2.45) is 0 Å². The smallest absolute Gasteiger partial charge is 0.243 e. The van der Waals surface area contributed by atoms with Gasteiger partial charge in [0.05, 0.1) is 18.9 Å². The van der Waals surface area contributed by atoms with E-state index in [2.05, 4.69) is 26.6 Å². The van der Waals surface area contributed by atoms with Crippen LogP contribution in [0.4, 0.5) is 5.69 Å². The fraction of sp³-hybridized carbons (Fsp3) is 0.417. The third kappa shape index (κ3) is 3.28. The van der Waals surface area contributed by atoms with Crippen molar-refractivity contribution in [1.82, 2.24) is 5.32 Å². The van der Waals surface area contributed by atoms with Gasteiger partial charge in [-0.1, -0.05) is 6.07 Å². The molecule has 1 heterocycles. The first-order chi connectivity index (χ1) is 8.16. The number of benzene rings is 1. The molecule has 1 aliphatic rings. The van der Waals surface area contributed by atoms with Crippen molar-refractivity contribution in [3.05, 3.63) is 28.2 Å². The number of carbonyl (C=O) groups is 1. The zero-order valence-electron chi connectivity index (χ0n) is 9.63. The van der Waals surface area contributed by atoms with Crippen LogP contribution in [0, 0.1) is 6.92 Å². The largest absolute Gasteiger partial charge is 0.378 e. The van der Waals surface area contributed by atoms with Crippen molar-refractivity contribution >= 4 is 27.5 Å². The van der Waals surface area contributed by atoms with Gasteiger partial charge in [-0.05, 0) is 40.5 Å². The van der Waals surface area contributed by atoms with Crippen LogP contribution in [0.25, 0.3) is 0 Å². The first kappa shape index (κ1) is 12.5. The first-order valence-electron chi connectivity index (χ1n) is 5.55. The molecule has 1 unspecified atom stereocenters. The Morgan fingerprint density at radius 1 is 1.59 bits per heavy atom. The predicted molar refractivity (Wildman–Crippen MR) is 70.1 cm³/mol. The maximum absolute atomic E-state index is 12.0. The summed E-state index contributed by atoms with van der Waals surface area (Å²) in [4.78, 5) is 12.0. The predicted octanol–water partition coefficient (Wildman–Crippen LogP) is 1.68. The average Bonchev–Trinajstić information content (AvgIpc) is 2.35. The van der Waals surface area contributed by atoms with Crippen molar-refractivity contribution in [1.29, 1.82) is 0 Å². The Hall–Kier alpha value is -0.910. The number of nitrogens with one attached hydrogen (secondary N) is 2. The Bertz CT molecular complexity index is 417. The summed E-state index contributed by atoms with van der Waals surface area (Å²) in [6, 6.07) is 5.58. The van der Waals surface area contributed by atoms with Crippen molar-refractivity contribution in [2.45, 2.75) is 13.0 Å². The van der Waals surface area contributed by atoms with Gasteiger partial charge in [0.1, 0.15) is 6.04 Å². The third-order valence-corrected chi connectivity index (χ3v) is 3.31. The summed E-state index contributed by atoms with van der Waals surface area (Å²) < 4.78 is 6.14. The van der Waals surface area contributed by atoms with Crippen LogP contribution in [-0.2, 0) is 9.53 Å². The monoisotopic (exact) mass is 298 g/mol. The van der Waals surface area contributed by atoms with Crippen molar-refractivity contribution in [3.8, 4) is 0 Å². The highest BCUT2D eigenvalue weighted by molar-refractivity contribution is 9.10. The van der Waals surface area contributed by atoms with Gasteiger partial charge in [-0.15, -0.1) is 0 Å². The highest BCUT2D eigenvalue weighted by Gasteiger charge is 2.21. The van der Waals surface area contributed by atoms with Gasteiger partial charge in [-0.2, -0.15) is 0 Å². The molecule has 2 N–H and O–H groups in total. The molecule has 1 aliphatic heterocycles. The molecule has 92 valence electrons. The summed E-state index contributed by atoms with van der Waals surface area (Å²) in [6.45, 7) is 3.80. The Balaban J connectivity index is 2.04. The number of rotatable bonds is 2. The molecule has 1 atom stereocenters. The lowest BCUT2D eigenvalue weighted by molar-refractivity contribution is -0.120. The molecule has 0 aromatic heterocycles. The van der Waals surface area contributed by atoms with Crippen LogP contribution in [0.5, 0.6) is 0 Å². The Morgan fingerprint density at radius 3 is 3.12 bits per heavy atom. The molecule has 1 aromatic carbocycles. The van der Waals surface area contributed by atoms with E-state index in [1.807, 2.05) is 25.1 Å². The van der Waals surface area contributed by atoms with E-state index in [0.717, 1.165) is 15.7 Å². The number of hydrogen-bond donors (Lipinski definition) is 2. The van der Waals surface area contributed by atoms with Crippen LogP contribution < -0.4 is 10.6 Å². The number of amides is 1. The lowest BCUT2D eigenvalue weighted by Gasteiger charge is -2.23. The molecule has 0 bridgehead atoms. The number of aryl methyl sites for hydroxylation is 1. The molecule has 2 rings (SSSR count). The van der Waals surface area contributed by atoms with Gasteiger partial charge < -0.3 is 15.4 Å². The van der Waals surface area contributed by atoms with E-state index < -0.39 is 0 Å². The van der Waals surface area contributed by atoms with E-state index in [1.165, 1.54) is 0 Å². The second kappa shape index (κ2) is 5.62. The molecule has 4 nitrogen and oxygen atoms in total. The number of anilines is 1. The summed E-state index contributed by atoms with van der Waals surface area (Å²) in [5, 5.41) is 6.01. The average molecular weight is 299 g/mol. The maximum Gasteiger partial charge on any atom is 0.243 e. The van der Waals surface area contributed by atoms with Crippen LogP contribution in [0.1, 0.15) is 5.56 Å². The van der Waals surface area contributed by atoms with Crippen LogP contribution in [0.2, 0.25) is 0 Å². The zero-order valence-corrected chi connectivity index (χ0v) is 11.2. The second-order valence-corrected chi connectivity index (χ2v) is 4.91. The molecule has 1 amide bonds. The van der Waals surface area contributed by atoms with E-state index in [9.17, 15) is 4.79 Å². The van der Waals surface area contributed by atoms with Gasteiger partial charge in [-0.25, -0.2) is 0 Å². The number of hydrogen-bond acceptors (Lipinski definition) is 3. The molecule has 0 radical (unpaired) electrons. The lowest BCUT2D eigenvalue weighted by Crippen LogP contribution is -2.48. The van der Waals surface area contributed by atoms with Crippen molar-refractivity contribution in [2.75, 3.05) is 25.1 Å². The van der Waals surface area contributed by atoms with Gasteiger partial charge >= 0.3 is 0 Å². The molecule has 1 saturated heterocycles. The minimum Gasteiger partial charge on any atom is -0.378 e. The molecule has 1 aromatic rings. The Kier molecular flexibility index (Phi) is 4.15. The number of carbonyl (C=O) groups excluding carboxylic acids is 1. The van der Waals surface area contributed by atoms with Crippen LogP contribution in [0.3, 0.4) is 0 Å². The van der Waals surface area contributed by atoms with Gasteiger partial charge in [0.25, 0.3) is 0 Å². The molecule has 0 saturated carbocycles. The van der Waals surface area contributed by atoms with Crippen molar-refractivity contribution < 1.29 is 9.53 Å². The lowest BCUT2D eigenvalue weighted by atomic mass is 10.2. The third-order valence-electron chi connectivity index (χ3n) is 2.62. The van der Waals surface area contributed by atoms with Gasteiger partial charge in [0.2, 0.25) is 5.91 Å². The van der Waals surface area contributed by atoms with Gasteiger partial charge in [0, 0.05) is 11.0 Å². The maximum atomic E-state index is 12.0. The summed E-state index contributed by atoms with van der Waals surface area (Å²) >= 11 is 3.42. The molecular formula is C12H15BrN2O2. The van der Waals surface area contributed by atoms with Crippen molar-refractivity contribution in [3.63, 3.8) is 0 Å². The van der Waals surface area contributed by atoms with Crippen LogP contribution in [0.15, 0.2) is 22.7 Å². The SMILES string of the molecule is Cc1ccc(Br)c(NC(=O)C2COCCN2)c1. The minimum atomic E-state index is -0.267. The Morgan fingerprint density at radius 2 is 2.41 bits per heavy atom. The molecular weight excluding hydrogens is 284 g/mol. The quantitative estimate of drug-likeness (QED) is 0.873. The second-order valence-electron chi connectivity index (χ2n) is 4.05. The van der Waals surface area contributed by atoms with Crippen LogP contribution in [-0.4, -0.2) is 31.7 Å². The van der Waals surface area contributed by atoms with E-state index in [0.29, 0.717) is 19.8 Å². The Labute approximate surface area is 109 Å². The molecule has 1 fully saturated rings. The fourth-order valence-electron chi connectivity index (χ4n) is 1.69. The minimum absolute atomic E-state index is 0.0593. The summed E-state index contributed by atoms with van der Waals surface area (Å²) in [5.74, 6) is -0.0593. The topological polar surface area (TPSA) is 50.4 Å². The first-order valence-corrected chi connectivity index (χ1v) is 6.34. The van der Waals surface area contributed by atoms with Crippen LogP contribution >= 0.6 is 15.9 Å². The van der Waals surface area contributed by atoms with Gasteiger partial charge in [-0.3, -0.25) is 4.79 Å². The molecule has 0 aliphatic carbocycles. The molecule has 17 heavy (non-hydrogen) atoms. The fourth-order valence-corrected chi connectivity index (χ4v) is 2.03. The normalized spacial score (nSPS) is 20.0.